The highest BCUT2D eigenvalue weighted by atomic mass is 16.5. The Balaban J connectivity index is 3.06. The van der Waals surface area contributed by atoms with Crippen molar-refractivity contribution in [3.63, 3.8) is 0 Å². The molecule has 0 aliphatic carbocycles. The molecule has 0 atom stereocenters. The molecule has 0 aromatic heterocycles. The van der Waals surface area contributed by atoms with Gasteiger partial charge in [0, 0.05) is 0 Å². The predicted molar refractivity (Wildman–Crippen MR) is 67.6 cm³/mol. The van der Waals surface area contributed by atoms with Gasteiger partial charge in [0.2, 0.25) is 0 Å². The molecule has 1 rings (SSSR count). The number of esters is 2. The first-order valence-electron chi connectivity index (χ1n) is 5.22. The second-order valence-corrected chi connectivity index (χ2v) is 3.43. The molecule has 0 bridgehead atoms. The zero-order valence-electron chi connectivity index (χ0n) is 10.3. The van der Waals surface area contributed by atoms with Gasteiger partial charge in [0.25, 0.3) is 0 Å². The number of ether oxygens (including phenoxy) is 2. The van der Waals surface area contributed by atoms with Crippen LogP contribution in [0.25, 0.3) is 5.57 Å². The van der Waals surface area contributed by atoms with Gasteiger partial charge in [-0.15, -0.1) is 0 Å². The fraction of sp³-hybridized carbons (Fsp3) is 0.143. The maximum absolute atomic E-state index is 11.4. The summed E-state index contributed by atoms with van der Waals surface area (Å²) in [6, 6.07) is 9.19. The second kappa shape index (κ2) is 6.39. The lowest BCUT2D eigenvalue weighted by atomic mass is 10.0. The molecule has 4 nitrogen and oxygen atoms in total. The quantitative estimate of drug-likeness (QED) is 0.268. The van der Waals surface area contributed by atoms with Crippen LogP contribution >= 0.6 is 0 Å². The van der Waals surface area contributed by atoms with E-state index in [4.69, 9.17) is 0 Å². The fourth-order valence-corrected chi connectivity index (χ4v) is 1.33. The van der Waals surface area contributed by atoms with Crippen LogP contribution in [0.1, 0.15) is 5.56 Å². The number of allylic oxidation sites excluding steroid dienone is 2. The van der Waals surface area contributed by atoms with Crippen molar-refractivity contribution in [2.45, 2.75) is 0 Å². The summed E-state index contributed by atoms with van der Waals surface area (Å²) in [6.07, 6.45) is 1.35. The van der Waals surface area contributed by atoms with Gasteiger partial charge in [-0.1, -0.05) is 36.9 Å². The van der Waals surface area contributed by atoms with E-state index in [-0.39, 0.29) is 5.57 Å². The standard InChI is InChI=1S/C14H14O4/c1-10(11-7-5-4-6-8-11)9-12(13(15)17-2)14(16)18-3/h4-9H,1H2,2-3H3. The lowest BCUT2D eigenvalue weighted by Crippen LogP contribution is -2.15. The molecule has 0 heterocycles. The Morgan fingerprint density at radius 1 is 1.06 bits per heavy atom. The van der Waals surface area contributed by atoms with E-state index in [1.165, 1.54) is 20.3 Å². The molecule has 18 heavy (non-hydrogen) atoms. The molecule has 0 aliphatic heterocycles. The minimum atomic E-state index is -0.751. The molecule has 0 unspecified atom stereocenters. The van der Waals surface area contributed by atoms with E-state index in [0.717, 1.165) is 5.56 Å². The minimum Gasteiger partial charge on any atom is -0.465 e. The van der Waals surface area contributed by atoms with Crippen LogP contribution in [0.5, 0.6) is 0 Å². The first-order chi connectivity index (χ1) is 8.60. The lowest BCUT2D eigenvalue weighted by Gasteiger charge is -2.05. The summed E-state index contributed by atoms with van der Waals surface area (Å²) in [5, 5.41) is 0. The van der Waals surface area contributed by atoms with Crippen molar-refractivity contribution < 1.29 is 19.1 Å². The second-order valence-electron chi connectivity index (χ2n) is 3.43. The van der Waals surface area contributed by atoms with Gasteiger partial charge < -0.3 is 9.47 Å². The van der Waals surface area contributed by atoms with E-state index >= 15 is 0 Å². The van der Waals surface area contributed by atoms with E-state index in [0.29, 0.717) is 5.57 Å². The molecule has 0 aliphatic rings. The number of rotatable bonds is 4. The number of hydrogen-bond acceptors (Lipinski definition) is 4. The van der Waals surface area contributed by atoms with E-state index in [1.54, 1.807) is 0 Å². The van der Waals surface area contributed by atoms with Crippen molar-refractivity contribution in [3.8, 4) is 0 Å². The first-order valence-corrected chi connectivity index (χ1v) is 5.22. The molecule has 1 aromatic carbocycles. The summed E-state index contributed by atoms with van der Waals surface area (Å²) in [5.41, 5.74) is 1.15. The Hall–Kier alpha value is -2.36. The summed E-state index contributed by atoms with van der Waals surface area (Å²) in [6.45, 7) is 3.81. The van der Waals surface area contributed by atoms with Crippen LogP contribution in [0.15, 0.2) is 48.6 Å². The summed E-state index contributed by atoms with van der Waals surface area (Å²) in [5.74, 6) is -1.50. The Morgan fingerprint density at radius 3 is 2.00 bits per heavy atom. The highest BCUT2D eigenvalue weighted by molar-refractivity contribution is 6.15. The Kier molecular flexibility index (Phi) is 4.87. The van der Waals surface area contributed by atoms with Crippen LogP contribution in [-0.4, -0.2) is 26.2 Å². The number of hydrogen-bond donors (Lipinski definition) is 0. The largest absolute Gasteiger partial charge is 0.465 e. The molecule has 1 aromatic rings. The van der Waals surface area contributed by atoms with Crippen LogP contribution in [-0.2, 0) is 19.1 Å². The number of benzene rings is 1. The van der Waals surface area contributed by atoms with Gasteiger partial charge >= 0.3 is 11.9 Å². The summed E-state index contributed by atoms with van der Waals surface area (Å²) in [4.78, 5) is 22.9. The molecule has 0 radical (unpaired) electrons. The van der Waals surface area contributed by atoms with E-state index in [9.17, 15) is 9.59 Å². The van der Waals surface area contributed by atoms with Gasteiger partial charge in [0.1, 0.15) is 5.57 Å². The zero-order valence-corrected chi connectivity index (χ0v) is 10.3. The molecule has 0 fully saturated rings. The molecular formula is C14H14O4. The number of carbonyl (C=O) groups excluding carboxylic acids is 2. The Bertz CT molecular complexity index is 468. The number of carbonyl (C=O) groups is 2. The summed E-state index contributed by atoms with van der Waals surface area (Å²) >= 11 is 0. The zero-order chi connectivity index (χ0) is 13.5. The van der Waals surface area contributed by atoms with E-state index in [1.807, 2.05) is 30.3 Å². The predicted octanol–water partition coefficient (Wildman–Crippen LogP) is 1.97. The maximum Gasteiger partial charge on any atom is 0.345 e. The van der Waals surface area contributed by atoms with Gasteiger partial charge in [-0.2, -0.15) is 0 Å². The van der Waals surface area contributed by atoms with E-state index < -0.39 is 11.9 Å². The van der Waals surface area contributed by atoms with Crippen molar-refractivity contribution in [3.05, 3.63) is 54.1 Å². The van der Waals surface area contributed by atoms with Crippen molar-refractivity contribution in [1.29, 1.82) is 0 Å². The van der Waals surface area contributed by atoms with Crippen LogP contribution in [0.2, 0.25) is 0 Å². The Morgan fingerprint density at radius 2 is 1.56 bits per heavy atom. The molecule has 4 heteroatoms. The topological polar surface area (TPSA) is 52.6 Å². The smallest absolute Gasteiger partial charge is 0.345 e. The van der Waals surface area contributed by atoms with Gasteiger partial charge in [-0.3, -0.25) is 0 Å². The van der Waals surface area contributed by atoms with Gasteiger partial charge in [0.05, 0.1) is 14.2 Å². The average molecular weight is 246 g/mol. The molecular weight excluding hydrogens is 232 g/mol. The third-order valence-electron chi connectivity index (χ3n) is 2.27. The molecule has 0 saturated carbocycles. The van der Waals surface area contributed by atoms with Gasteiger partial charge in [0.15, 0.2) is 0 Å². The third kappa shape index (κ3) is 3.31. The van der Waals surface area contributed by atoms with Crippen LogP contribution in [0.3, 0.4) is 0 Å². The summed E-state index contributed by atoms with van der Waals surface area (Å²) in [7, 11) is 2.40. The van der Waals surface area contributed by atoms with Crippen molar-refractivity contribution in [2.75, 3.05) is 14.2 Å². The van der Waals surface area contributed by atoms with Crippen molar-refractivity contribution >= 4 is 17.5 Å². The first kappa shape index (κ1) is 13.7. The van der Waals surface area contributed by atoms with Crippen LogP contribution < -0.4 is 0 Å². The maximum atomic E-state index is 11.4. The fourth-order valence-electron chi connectivity index (χ4n) is 1.33. The van der Waals surface area contributed by atoms with Crippen molar-refractivity contribution in [1.82, 2.24) is 0 Å². The van der Waals surface area contributed by atoms with Crippen molar-refractivity contribution in [2.24, 2.45) is 0 Å². The SMILES string of the molecule is C=C(C=C(C(=O)OC)C(=O)OC)c1ccccc1. The normalized spacial score (nSPS) is 9.22. The Labute approximate surface area is 106 Å². The molecule has 0 N–H and O–H groups in total. The highest BCUT2D eigenvalue weighted by Crippen LogP contribution is 2.16. The van der Waals surface area contributed by atoms with Gasteiger partial charge in [-0.25, -0.2) is 9.59 Å². The monoisotopic (exact) mass is 246 g/mol. The molecule has 0 saturated heterocycles. The summed E-state index contributed by atoms with van der Waals surface area (Å²) < 4.78 is 9.05. The molecule has 0 spiro atoms. The van der Waals surface area contributed by atoms with Crippen LogP contribution in [0.4, 0.5) is 0 Å². The number of methoxy groups -OCH3 is 2. The van der Waals surface area contributed by atoms with E-state index in [2.05, 4.69) is 16.1 Å². The van der Waals surface area contributed by atoms with Crippen LogP contribution in [0, 0.1) is 0 Å². The average Bonchev–Trinajstić information content (AvgIpc) is 2.43. The lowest BCUT2D eigenvalue weighted by molar-refractivity contribution is -0.144. The van der Waals surface area contributed by atoms with Gasteiger partial charge in [-0.05, 0) is 17.2 Å². The molecule has 94 valence electrons. The minimum absolute atomic E-state index is 0.186. The molecule has 0 amide bonds. The third-order valence-corrected chi connectivity index (χ3v) is 2.27. The highest BCUT2D eigenvalue weighted by Gasteiger charge is 2.19.